The largest absolute Gasteiger partial charge is 0.483 e. The molecule has 1 atom stereocenters. The van der Waals surface area contributed by atoms with Crippen LogP contribution in [0.3, 0.4) is 0 Å². The second-order valence-corrected chi connectivity index (χ2v) is 8.71. The molecule has 0 saturated heterocycles. The van der Waals surface area contributed by atoms with Gasteiger partial charge >= 0.3 is 0 Å². The van der Waals surface area contributed by atoms with Gasteiger partial charge in [-0.1, -0.05) is 67.2 Å². The summed E-state index contributed by atoms with van der Waals surface area (Å²) >= 11 is 12.2. The number of halogens is 2. The second kappa shape index (κ2) is 12.7. The number of carbonyl (C=O) groups excluding carboxylic acids is 2. The quantitative estimate of drug-likeness (QED) is 0.420. The number of ether oxygens (including phenoxy) is 1. The minimum absolute atomic E-state index is 0.163. The number of hydrogen-bond donors (Lipinski definition) is 1. The highest BCUT2D eigenvalue weighted by atomic mass is 35.5. The first-order chi connectivity index (χ1) is 15.3. The highest BCUT2D eigenvalue weighted by Crippen LogP contribution is 2.24. The molecular formula is C25H32Cl2N2O3. The molecule has 2 aromatic rings. The van der Waals surface area contributed by atoms with E-state index in [1.807, 2.05) is 39.0 Å². The molecule has 0 aliphatic rings. The first-order valence-corrected chi connectivity index (χ1v) is 11.7. The van der Waals surface area contributed by atoms with Crippen LogP contribution in [0.2, 0.25) is 10.0 Å². The maximum Gasteiger partial charge on any atom is 0.261 e. The van der Waals surface area contributed by atoms with Crippen molar-refractivity contribution >= 4 is 35.0 Å². The molecule has 2 aromatic carbocycles. The first kappa shape index (κ1) is 26.0. The van der Waals surface area contributed by atoms with Gasteiger partial charge in [-0.05, 0) is 56.0 Å². The Morgan fingerprint density at radius 1 is 1.06 bits per heavy atom. The van der Waals surface area contributed by atoms with E-state index in [2.05, 4.69) is 12.2 Å². The lowest BCUT2D eigenvalue weighted by atomic mass is 10.1. The molecule has 2 rings (SSSR count). The van der Waals surface area contributed by atoms with Gasteiger partial charge in [0.2, 0.25) is 5.91 Å². The lowest BCUT2D eigenvalue weighted by Crippen LogP contribution is -2.50. The van der Waals surface area contributed by atoms with Gasteiger partial charge in [-0.15, -0.1) is 0 Å². The van der Waals surface area contributed by atoms with Crippen LogP contribution in [0, 0.1) is 13.8 Å². The Hall–Kier alpha value is -2.24. The van der Waals surface area contributed by atoms with Crippen LogP contribution in [0.1, 0.15) is 49.8 Å². The maximum absolute atomic E-state index is 13.2. The van der Waals surface area contributed by atoms with Gasteiger partial charge in [-0.2, -0.15) is 0 Å². The molecule has 0 heterocycles. The van der Waals surface area contributed by atoms with E-state index < -0.39 is 6.04 Å². The molecule has 0 fully saturated rings. The van der Waals surface area contributed by atoms with Crippen LogP contribution in [-0.4, -0.2) is 35.9 Å². The van der Waals surface area contributed by atoms with Crippen LogP contribution in [0.5, 0.6) is 5.75 Å². The number of nitrogens with one attached hydrogen (secondary N) is 1. The summed E-state index contributed by atoms with van der Waals surface area (Å²) in [5, 5.41) is 3.79. The van der Waals surface area contributed by atoms with Crippen molar-refractivity contribution in [3.8, 4) is 5.75 Å². The van der Waals surface area contributed by atoms with Gasteiger partial charge in [0, 0.05) is 13.1 Å². The molecular weight excluding hydrogens is 447 g/mol. The molecule has 0 aliphatic heterocycles. The summed E-state index contributed by atoms with van der Waals surface area (Å²) in [5.74, 6) is 0.216. The molecule has 2 amide bonds. The summed E-state index contributed by atoms with van der Waals surface area (Å²) < 4.78 is 5.82. The Morgan fingerprint density at radius 2 is 1.81 bits per heavy atom. The van der Waals surface area contributed by atoms with Crippen LogP contribution in [0.15, 0.2) is 36.4 Å². The highest BCUT2D eigenvalue weighted by molar-refractivity contribution is 6.42. The zero-order valence-corrected chi connectivity index (χ0v) is 20.7. The zero-order chi connectivity index (χ0) is 23.7. The first-order valence-electron chi connectivity index (χ1n) is 11.0. The molecule has 1 unspecified atom stereocenters. The molecule has 5 nitrogen and oxygen atoms in total. The normalized spacial score (nSPS) is 11.7. The standard InChI is InChI=1S/C25H32Cl2N2O3/c1-5-7-12-28-25(31)22(6-2)29(15-19-9-10-20(26)21(27)14-19)24(30)16-32-23-11-8-17(3)13-18(23)4/h8-11,13-14,22H,5-7,12,15-16H2,1-4H3,(H,28,31). The lowest BCUT2D eigenvalue weighted by Gasteiger charge is -2.30. The molecule has 0 aliphatic carbocycles. The number of hydrogen-bond acceptors (Lipinski definition) is 3. The number of carbonyl (C=O) groups is 2. The third-order valence-corrected chi connectivity index (χ3v) is 5.97. The fourth-order valence-corrected chi connectivity index (χ4v) is 3.76. The lowest BCUT2D eigenvalue weighted by molar-refractivity contribution is -0.143. The highest BCUT2D eigenvalue weighted by Gasteiger charge is 2.29. The Kier molecular flexibility index (Phi) is 10.3. The third-order valence-electron chi connectivity index (χ3n) is 5.23. The predicted octanol–water partition coefficient (Wildman–Crippen LogP) is 5.71. The van der Waals surface area contributed by atoms with Gasteiger partial charge in [0.05, 0.1) is 10.0 Å². The fourth-order valence-electron chi connectivity index (χ4n) is 3.44. The van der Waals surface area contributed by atoms with Crippen molar-refractivity contribution in [3.05, 3.63) is 63.1 Å². The van der Waals surface area contributed by atoms with Crippen molar-refractivity contribution < 1.29 is 14.3 Å². The monoisotopic (exact) mass is 478 g/mol. The van der Waals surface area contributed by atoms with Gasteiger partial charge in [0.15, 0.2) is 6.61 Å². The van der Waals surface area contributed by atoms with Crippen molar-refractivity contribution in [2.75, 3.05) is 13.2 Å². The Morgan fingerprint density at radius 3 is 2.44 bits per heavy atom. The summed E-state index contributed by atoms with van der Waals surface area (Å²) in [4.78, 5) is 27.7. The molecule has 0 aromatic heterocycles. The van der Waals surface area contributed by atoms with Gasteiger partial charge in [-0.25, -0.2) is 0 Å². The summed E-state index contributed by atoms with van der Waals surface area (Å²) in [6, 6.07) is 10.4. The van der Waals surface area contributed by atoms with Crippen molar-refractivity contribution in [1.82, 2.24) is 10.2 Å². The number of unbranched alkanes of at least 4 members (excludes halogenated alkanes) is 1. The van der Waals surface area contributed by atoms with E-state index in [9.17, 15) is 9.59 Å². The van der Waals surface area contributed by atoms with E-state index in [-0.39, 0.29) is 25.0 Å². The van der Waals surface area contributed by atoms with E-state index in [1.54, 1.807) is 23.1 Å². The van der Waals surface area contributed by atoms with Gasteiger partial charge in [0.25, 0.3) is 5.91 Å². The SMILES string of the molecule is CCCCNC(=O)C(CC)N(Cc1ccc(Cl)c(Cl)c1)C(=O)COc1ccc(C)cc1C. The van der Waals surface area contributed by atoms with E-state index in [0.29, 0.717) is 28.8 Å². The van der Waals surface area contributed by atoms with Crippen LogP contribution in [0.25, 0.3) is 0 Å². The smallest absolute Gasteiger partial charge is 0.261 e. The summed E-state index contributed by atoms with van der Waals surface area (Å²) in [7, 11) is 0. The number of nitrogens with zero attached hydrogens (tertiary/aromatic N) is 1. The average molecular weight is 479 g/mol. The topological polar surface area (TPSA) is 58.6 Å². The summed E-state index contributed by atoms with van der Waals surface area (Å²) in [6.45, 7) is 8.55. The molecule has 0 spiro atoms. The Labute approximate surface area is 201 Å². The van der Waals surface area contributed by atoms with Crippen molar-refractivity contribution in [2.24, 2.45) is 0 Å². The third kappa shape index (κ3) is 7.42. The van der Waals surface area contributed by atoms with E-state index in [1.165, 1.54) is 0 Å². The van der Waals surface area contributed by atoms with Crippen LogP contribution >= 0.6 is 23.2 Å². The van der Waals surface area contributed by atoms with Crippen molar-refractivity contribution in [1.29, 1.82) is 0 Å². The van der Waals surface area contributed by atoms with E-state index >= 15 is 0 Å². The molecule has 7 heteroatoms. The number of rotatable bonds is 11. The predicted molar refractivity (Wildman–Crippen MR) is 130 cm³/mol. The average Bonchev–Trinajstić information content (AvgIpc) is 2.75. The molecule has 0 bridgehead atoms. The van der Waals surface area contributed by atoms with Crippen LogP contribution in [0.4, 0.5) is 0 Å². The Bertz CT molecular complexity index is 933. The maximum atomic E-state index is 13.2. The van der Waals surface area contributed by atoms with E-state index in [4.69, 9.17) is 27.9 Å². The molecule has 32 heavy (non-hydrogen) atoms. The second-order valence-electron chi connectivity index (χ2n) is 7.90. The van der Waals surface area contributed by atoms with Crippen molar-refractivity contribution in [3.63, 3.8) is 0 Å². The van der Waals surface area contributed by atoms with Crippen LogP contribution in [-0.2, 0) is 16.1 Å². The van der Waals surface area contributed by atoms with E-state index in [0.717, 1.165) is 29.5 Å². The summed E-state index contributed by atoms with van der Waals surface area (Å²) in [5.41, 5.74) is 2.87. The minimum Gasteiger partial charge on any atom is -0.483 e. The van der Waals surface area contributed by atoms with Gasteiger partial charge < -0.3 is 15.0 Å². The zero-order valence-electron chi connectivity index (χ0n) is 19.2. The number of aryl methyl sites for hydroxylation is 2. The van der Waals surface area contributed by atoms with Crippen molar-refractivity contribution in [2.45, 2.75) is 59.5 Å². The van der Waals surface area contributed by atoms with Gasteiger partial charge in [0.1, 0.15) is 11.8 Å². The fraction of sp³-hybridized carbons (Fsp3) is 0.440. The molecule has 0 saturated carbocycles. The Balaban J connectivity index is 2.22. The van der Waals surface area contributed by atoms with Gasteiger partial charge in [-0.3, -0.25) is 9.59 Å². The minimum atomic E-state index is -0.614. The molecule has 1 N–H and O–H groups in total. The number of amides is 2. The number of benzene rings is 2. The molecule has 174 valence electrons. The molecule has 0 radical (unpaired) electrons. The van der Waals surface area contributed by atoms with Crippen LogP contribution < -0.4 is 10.1 Å². The summed E-state index contributed by atoms with van der Waals surface area (Å²) in [6.07, 6.45) is 2.35.